The molecule has 0 aromatic rings. The van der Waals surface area contributed by atoms with Crippen molar-refractivity contribution >= 4 is 8.58 Å². The van der Waals surface area contributed by atoms with E-state index < -0.39 is 0 Å². The van der Waals surface area contributed by atoms with Crippen LogP contribution in [0.3, 0.4) is 0 Å². The van der Waals surface area contributed by atoms with Gasteiger partial charge in [0.2, 0.25) is 0 Å². The Morgan fingerprint density at radius 1 is 0.650 bits per heavy atom. The van der Waals surface area contributed by atoms with Gasteiger partial charge in [-0.15, -0.1) is 0 Å². The predicted molar refractivity (Wildman–Crippen MR) is 95.1 cm³/mol. The van der Waals surface area contributed by atoms with Crippen molar-refractivity contribution in [3.8, 4) is 0 Å². The van der Waals surface area contributed by atoms with Gasteiger partial charge >= 0.3 is 0 Å². The SMILES string of the molecule is CCCCCCCCCCC[P]C1CCCCCCC1. The number of rotatable bonds is 11. The van der Waals surface area contributed by atoms with E-state index in [1.54, 1.807) is 8.58 Å². The minimum Gasteiger partial charge on any atom is -0.0775 e. The minimum atomic E-state index is 1.06. The molecule has 1 heteroatoms. The monoisotopic (exact) mass is 297 g/mol. The topological polar surface area (TPSA) is 0 Å². The first-order valence-corrected chi connectivity index (χ1v) is 10.7. The maximum Gasteiger partial charge on any atom is -0.0170 e. The fourth-order valence-electron chi connectivity index (χ4n) is 3.31. The lowest BCUT2D eigenvalue weighted by atomic mass is 10.0. The van der Waals surface area contributed by atoms with Gasteiger partial charge in [0.25, 0.3) is 0 Å². The van der Waals surface area contributed by atoms with Crippen molar-refractivity contribution in [3.05, 3.63) is 0 Å². The van der Waals surface area contributed by atoms with Gasteiger partial charge in [-0.05, 0) is 31.1 Å². The molecule has 1 saturated carbocycles. The van der Waals surface area contributed by atoms with E-state index in [1.165, 1.54) is 109 Å². The van der Waals surface area contributed by atoms with E-state index in [4.69, 9.17) is 0 Å². The molecule has 0 saturated heterocycles. The molecule has 0 bridgehead atoms. The summed E-state index contributed by atoms with van der Waals surface area (Å²) in [5.41, 5.74) is 1.06. The van der Waals surface area contributed by atoms with Gasteiger partial charge in [-0.1, -0.05) is 99.0 Å². The fourth-order valence-corrected chi connectivity index (χ4v) is 4.82. The molecule has 1 aliphatic rings. The predicted octanol–water partition coefficient (Wildman–Crippen LogP) is 7.58. The lowest BCUT2D eigenvalue weighted by Crippen LogP contribution is -2.04. The van der Waals surface area contributed by atoms with Crippen LogP contribution < -0.4 is 0 Å². The van der Waals surface area contributed by atoms with E-state index in [-0.39, 0.29) is 0 Å². The van der Waals surface area contributed by atoms with Crippen LogP contribution in [0.1, 0.15) is 110 Å². The van der Waals surface area contributed by atoms with Crippen molar-refractivity contribution in [1.29, 1.82) is 0 Å². The summed E-state index contributed by atoms with van der Waals surface area (Å²) in [6.07, 6.45) is 25.3. The van der Waals surface area contributed by atoms with Crippen molar-refractivity contribution < 1.29 is 0 Å². The van der Waals surface area contributed by atoms with Gasteiger partial charge in [0, 0.05) is 0 Å². The van der Waals surface area contributed by atoms with Gasteiger partial charge in [-0.2, -0.15) is 0 Å². The molecule has 0 heterocycles. The quantitative estimate of drug-likeness (QED) is 0.272. The Morgan fingerprint density at radius 2 is 1.15 bits per heavy atom. The van der Waals surface area contributed by atoms with Crippen LogP contribution in [0.2, 0.25) is 0 Å². The Bertz CT molecular complexity index is 182. The number of hydrogen-bond acceptors (Lipinski definition) is 0. The second-order valence-electron chi connectivity index (χ2n) is 6.73. The van der Waals surface area contributed by atoms with Crippen molar-refractivity contribution in [2.75, 3.05) is 6.16 Å². The summed E-state index contributed by atoms with van der Waals surface area (Å²) in [6.45, 7) is 2.30. The molecule has 119 valence electrons. The molecular formula is C19H38P. The molecule has 0 aromatic heterocycles. The molecule has 1 rings (SSSR count). The maximum atomic E-state index is 2.30. The maximum absolute atomic E-state index is 2.30. The van der Waals surface area contributed by atoms with Gasteiger partial charge in [0.05, 0.1) is 0 Å². The van der Waals surface area contributed by atoms with E-state index in [0.29, 0.717) is 0 Å². The van der Waals surface area contributed by atoms with Crippen molar-refractivity contribution in [1.82, 2.24) is 0 Å². The second kappa shape index (κ2) is 14.4. The third-order valence-electron chi connectivity index (χ3n) is 4.72. The van der Waals surface area contributed by atoms with Crippen LogP contribution in [0, 0.1) is 0 Å². The van der Waals surface area contributed by atoms with E-state index in [0.717, 1.165) is 5.66 Å². The Morgan fingerprint density at radius 3 is 1.75 bits per heavy atom. The highest BCUT2D eigenvalue weighted by molar-refractivity contribution is 7.38. The average Bonchev–Trinajstić information content (AvgIpc) is 2.42. The summed E-state index contributed by atoms with van der Waals surface area (Å²) in [4.78, 5) is 0. The Balaban J connectivity index is 1.81. The molecule has 1 radical (unpaired) electrons. The van der Waals surface area contributed by atoms with Gasteiger partial charge < -0.3 is 0 Å². The van der Waals surface area contributed by atoms with Crippen molar-refractivity contribution in [2.24, 2.45) is 0 Å². The first kappa shape index (κ1) is 18.5. The lowest BCUT2D eigenvalue weighted by molar-refractivity contribution is 0.510. The van der Waals surface area contributed by atoms with Crippen LogP contribution in [-0.4, -0.2) is 11.8 Å². The van der Waals surface area contributed by atoms with E-state index in [1.807, 2.05) is 0 Å². The van der Waals surface area contributed by atoms with Crippen LogP contribution in [0.5, 0.6) is 0 Å². The summed E-state index contributed by atoms with van der Waals surface area (Å²) in [5, 5.41) is 0. The molecular weight excluding hydrogens is 259 g/mol. The van der Waals surface area contributed by atoms with Crippen molar-refractivity contribution in [3.63, 3.8) is 0 Å². The highest BCUT2D eigenvalue weighted by Crippen LogP contribution is 2.32. The van der Waals surface area contributed by atoms with E-state index in [9.17, 15) is 0 Å². The fraction of sp³-hybridized carbons (Fsp3) is 1.00. The van der Waals surface area contributed by atoms with E-state index >= 15 is 0 Å². The standard InChI is InChI=1S/C19H38P/c1-2-3-4-5-6-7-8-12-15-18-20-19-16-13-10-9-11-14-17-19/h19H,2-18H2,1H3. The zero-order valence-electron chi connectivity index (χ0n) is 14.0. The van der Waals surface area contributed by atoms with Gasteiger partial charge in [-0.3, -0.25) is 0 Å². The Labute approximate surface area is 130 Å². The summed E-state index contributed by atoms with van der Waals surface area (Å²) >= 11 is 0. The number of unbranched alkanes of at least 4 members (excludes halogenated alkanes) is 8. The number of hydrogen-bond donors (Lipinski definition) is 0. The first-order valence-electron chi connectivity index (χ1n) is 9.60. The summed E-state index contributed by atoms with van der Waals surface area (Å²) in [6, 6.07) is 0. The molecule has 0 aromatic carbocycles. The summed E-state index contributed by atoms with van der Waals surface area (Å²) in [7, 11) is 1.79. The van der Waals surface area contributed by atoms with E-state index in [2.05, 4.69) is 6.92 Å². The molecule has 0 N–H and O–H groups in total. The van der Waals surface area contributed by atoms with Crippen LogP contribution in [0.4, 0.5) is 0 Å². The summed E-state index contributed by atoms with van der Waals surface area (Å²) < 4.78 is 0. The normalized spacial score (nSPS) is 18.4. The lowest BCUT2D eigenvalue weighted by Gasteiger charge is -2.18. The van der Waals surface area contributed by atoms with Crippen LogP contribution >= 0.6 is 8.58 Å². The third-order valence-corrected chi connectivity index (χ3v) is 6.33. The molecule has 1 fully saturated rings. The molecule has 0 atom stereocenters. The van der Waals surface area contributed by atoms with Gasteiger partial charge in [0.15, 0.2) is 0 Å². The van der Waals surface area contributed by atoms with Crippen LogP contribution in [0.15, 0.2) is 0 Å². The van der Waals surface area contributed by atoms with Gasteiger partial charge in [0.1, 0.15) is 0 Å². The molecule has 20 heavy (non-hydrogen) atoms. The molecule has 0 aliphatic heterocycles. The first-order chi connectivity index (χ1) is 9.93. The summed E-state index contributed by atoms with van der Waals surface area (Å²) in [5.74, 6) is 0. The highest BCUT2D eigenvalue weighted by Gasteiger charge is 2.11. The highest BCUT2D eigenvalue weighted by atomic mass is 31.1. The molecule has 0 amide bonds. The average molecular weight is 297 g/mol. The third kappa shape index (κ3) is 11.1. The largest absolute Gasteiger partial charge is 0.0775 e. The smallest absolute Gasteiger partial charge is 0.0170 e. The molecule has 0 nitrogen and oxygen atoms in total. The van der Waals surface area contributed by atoms with Crippen molar-refractivity contribution in [2.45, 2.75) is 115 Å². The second-order valence-corrected chi connectivity index (χ2v) is 8.28. The minimum absolute atomic E-state index is 1.06. The zero-order chi connectivity index (χ0) is 14.3. The molecule has 0 spiro atoms. The zero-order valence-corrected chi connectivity index (χ0v) is 14.9. The molecule has 1 aliphatic carbocycles. The molecule has 0 unspecified atom stereocenters. The van der Waals surface area contributed by atoms with Crippen LogP contribution in [-0.2, 0) is 0 Å². The Kier molecular flexibility index (Phi) is 13.3. The van der Waals surface area contributed by atoms with Crippen LogP contribution in [0.25, 0.3) is 0 Å². The van der Waals surface area contributed by atoms with Gasteiger partial charge in [-0.25, -0.2) is 0 Å². The Hall–Kier alpha value is 0.430.